The second-order valence-electron chi connectivity index (χ2n) is 4.66. The van der Waals surface area contributed by atoms with Crippen molar-refractivity contribution in [3.8, 4) is 0 Å². The maximum Gasteiger partial charge on any atom is 0.128 e. The van der Waals surface area contributed by atoms with Gasteiger partial charge >= 0.3 is 0 Å². The summed E-state index contributed by atoms with van der Waals surface area (Å²) in [6.45, 7) is 5.64. The number of halogens is 1. The molecule has 0 aliphatic carbocycles. The van der Waals surface area contributed by atoms with Crippen molar-refractivity contribution >= 4 is 0 Å². The van der Waals surface area contributed by atoms with E-state index in [1.165, 1.54) is 6.07 Å². The molecule has 94 valence electrons. The molecule has 2 N–H and O–H groups in total. The number of hydrogen-bond donors (Lipinski definition) is 1. The van der Waals surface area contributed by atoms with E-state index >= 15 is 0 Å². The number of rotatable bonds is 2. The molecule has 0 spiro atoms. The van der Waals surface area contributed by atoms with E-state index in [4.69, 9.17) is 5.73 Å². The van der Waals surface area contributed by atoms with Gasteiger partial charge in [0.25, 0.3) is 0 Å². The third-order valence-electron chi connectivity index (χ3n) is 3.02. The third kappa shape index (κ3) is 2.41. The molecule has 0 saturated carbocycles. The Hall–Kier alpha value is -1.74. The molecule has 0 aliphatic rings. The number of aryl methyl sites for hydroxylation is 3. The maximum atomic E-state index is 14.0. The van der Waals surface area contributed by atoms with Gasteiger partial charge in [-0.1, -0.05) is 12.1 Å². The van der Waals surface area contributed by atoms with Gasteiger partial charge in [-0.2, -0.15) is 0 Å². The largest absolute Gasteiger partial charge is 0.319 e. The molecule has 0 radical (unpaired) electrons. The minimum absolute atomic E-state index is 0.261. The number of aromatic nitrogens is 1. The van der Waals surface area contributed by atoms with E-state index in [2.05, 4.69) is 4.98 Å². The fourth-order valence-corrected chi connectivity index (χ4v) is 2.21. The second kappa shape index (κ2) is 4.86. The number of hydrogen-bond acceptors (Lipinski definition) is 2. The van der Waals surface area contributed by atoms with Crippen LogP contribution in [-0.2, 0) is 0 Å². The number of nitrogens with zero attached hydrogens (tertiary/aromatic N) is 1. The van der Waals surface area contributed by atoms with Crippen LogP contribution in [0.25, 0.3) is 0 Å². The Bertz CT molecular complexity index is 555. The van der Waals surface area contributed by atoms with Gasteiger partial charge in [0.05, 0.1) is 11.7 Å². The van der Waals surface area contributed by atoms with E-state index in [0.717, 1.165) is 16.8 Å². The van der Waals surface area contributed by atoms with Crippen LogP contribution < -0.4 is 5.73 Å². The predicted molar refractivity (Wildman–Crippen MR) is 70.9 cm³/mol. The molecule has 0 aliphatic heterocycles. The van der Waals surface area contributed by atoms with Crippen molar-refractivity contribution in [3.05, 3.63) is 64.2 Å². The first kappa shape index (κ1) is 12.7. The zero-order valence-corrected chi connectivity index (χ0v) is 10.9. The molecule has 1 heterocycles. The van der Waals surface area contributed by atoms with Crippen molar-refractivity contribution in [1.29, 1.82) is 0 Å². The number of pyridine rings is 1. The van der Waals surface area contributed by atoms with Crippen LogP contribution in [0.5, 0.6) is 0 Å². The number of benzene rings is 1. The van der Waals surface area contributed by atoms with Gasteiger partial charge in [-0.3, -0.25) is 4.98 Å². The van der Waals surface area contributed by atoms with Crippen LogP contribution in [0.15, 0.2) is 30.3 Å². The first-order valence-electron chi connectivity index (χ1n) is 5.95. The zero-order valence-electron chi connectivity index (χ0n) is 10.9. The van der Waals surface area contributed by atoms with Crippen molar-refractivity contribution in [3.63, 3.8) is 0 Å². The Labute approximate surface area is 107 Å². The van der Waals surface area contributed by atoms with Crippen molar-refractivity contribution in [2.24, 2.45) is 5.73 Å². The summed E-state index contributed by atoms with van der Waals surface area (Å²) in [4.78, 5) is 4.36. The third-order valence-corrected chi connectivity index (χ3v) is 3.02. The lowest BCUT2D eigenvalue weighted by Gasteiger charge is -2.16. The SMILES string of the molecule is Cc1cc(C)c(C(N)c2cccc(C)n2)c(F)c1. The first-order valence-corrected chi connectivity index (χ1v) is 5.95. The summed E-state index contributed by atoms with van der Waals surface area (Å²) in [6.07, 6.45) is 0. The molecule has 0 saturated heterocycles. The molecule has 3 heteroatoms. The van der Waals surface area contributed by atoms with Crippen molar-refractivity contribution in [2.45, 2.75) is 26.8 Å². The molecule has 0 fully saturated rings. The Morgan fingerprint density at radius 1 is 1.17 bits per heavy atom. The highest BCUT2D eigenvalue weighted by molar-refractivity contribution is 5.38. The lowest BCUT2D eigenvalue weighted by molar-refractivity contribution is 0.593. The minimum Gasteiger partial charge on any atom is -0.319 e. The van der Waals surface area contributed by atoms with Crippen LogP contribution in [0.3, 0.4) is 0 Å². The average molecular weight is 244 g/mol. The summed E-state index contributed by atoms with van der Waals surface area (Å²) in [5, 5.41) is 0. The topological polar surface area (TPSA) is 38.9 Å². The molecule has 18 heavy (non-hydrogen) atoms. The van der Waals surface area contributed by atoms with Gasteiger partial charge in [0.1, 0.15) is 5.82 Å². The van der Waals surface area contributed by atoms with E-state index in [1.54, 1.807) is 0 Å². The molecule has 2 aromatic rings. The summed E-state index contributed by atoms with van der Waals surface area (Å²) in [6, 6.07) is 8.54. The fourth-order valence-electron chi connectivity index (χ4n) is 2.21. The fraction of sp³-hybridized carbons (Fsp3) is 0.267. The van der Waals surface area contributed by atoms with Crippen LogP contribution in [0.1, 0.15) is 34.1 Å². The minimum atomic E-state index is -0.523. The monoisotopic (exact) mass is 244 g/mol. The van der Waals surface area contributed by atoms with E-state index < -0.39 is 6.04 Å². The molecule has 0 bridgehead atoms. The number of nitrogens with two attached hydrogens (primary N) is 1. The Morgan fingerprint density at radius 3 is 2.50 bits per heavy atom. The molecular weight excluding hydrogens is 227 g/mol. The van der Waals surface area contributed by atoms with Crippen LogP contribution in [-0.4, -0.2) is 4.98 Å². The summed E-state index contributed by atoms with van der Waals surface area (Å²) < 4.78 is 14.0. The van der Waals surface area contributed by atoms with E-state index in [9.17, 15) is 4.39 Å². The average Bonchev–Trinajstić information content (AvgIpc) is 2.27. The van der Waals surface area contributed by atoms with E-state index in [1.807, 2.05) is 45.0 Å². The molecule has 1 atom stereocenters. The molecule has 1 unspecified atom stereocenters. The van der Waals surface area contributed by atoms with Gasteiger partial charge in [0, 0.05) is 11.3 Å². The molecule has 2 nitrogen and oxygen atoms in total. The van der Waals surface area contributed by atoms with Gasteiger partial charge in [-0.05, 0) is 50.1 Å². The summed E-state index contributed by atoms with van der Waals surface area (Å²) >= 11 is 0. The highest BCUT2D eigenvalue weighted by atomic mass is 19.1. The second-order valence-corrected chi connectivity index (χ2v) is 4.66. The quantitative estimate of drug-likeness (QED) is 0.881. The van der Waals surface area contributed by atoms with Crippen LogP contribution in [0.2, 0.25) is 0 Å². The summed E-state index contributed by atoms with van der Waals surface area (Å²) in [5.41, 5.74) is 10.0. The van der Waals surface area contributed by atoms with Crippen molar-refractivity contribution in [2.75, 3.05) is 0 Å². The van der Waals surface area contributed by atoms with Crippen molar-refractivity contribution < 1.29 is 4.39 Å². The Morgan fingerprint density at radius 2 is 1.89 bits per heavy atom. The molecule has 2 rings (SSSR count). The first-order chi connectivity index (χ1) is 8.49. The molecular formula is C15H17FN2. The molecule has 1 aromatic heterocycles. The Kier molecular flexibility index (Phi) is 3.43. The van der Waals surface area contributed by atoms with Crippen LogP contribution >= 0.6 is 0 Å². The standard InChI is InChI=1S/C15H17FN2/c1-9-7-10(2)14(12(16)8-9)15(17)13-6-4-5-11(3)18-13/h4-8,15H,17H2,1-3H3. The summed E-state index contributed by atoms with van der Waals surface area (Å²) in [7, 11) is 0. The summed E-state index contributed by atoms with van der Waals surface area (Å²) in [5.74, 6) is -0.261. The lowest BCUT2D eigenvalue weighted by Crippen LogP contribution is -2.17. The van der Waals surface area contributed by atoms with Crippen molar-refractivity contribution in [1.82, 2.24) is 4.98 Å². The lowest BCUT2D eigenvalue weighted by atomic mass is 9.96. The van der Waals surface area contributed by atoms with E-state index in [-0.39, 0.29) is 5.82 Å². The highest BCUT2D eigenvalue weighted by Crippen LogP contribution is 2.25. The molecule has 0 amide bonds. The Balaban J connectivity index is 2.49. The van der Waals surface area contributed by atoms with Gasteiger partial charge in [-0.15, -0.1) is 0 Å². The maximum absolute atomic E-state index is 14.0. The predicted octanol–water partition coefficient (Wildman–Crippen LogP) is 3.19. The molecule has 1 aromatic carbocycles. The smallest absolute Gasteiger partial charge is 0.128 e. The van der Waals surface area contributed by atoms with Gasteiger partial charge in [-0.25, -0.2) is 4.39 Å². The zero-order chi connectivity index (χ0) is 13.3. The van der Waals surface area contributed by atoms with Gasteiger partial charge in [0.2, 0.25) is 0 Å². The van der Waals surface area contributed by atoms with E-state index in [0.29, 0.717) is 11.3 Å². The van der Waals surface area contributed by atoms with Crippen LogP contribution in [0, 0.1) is 26.6 Å². The van der Waals surface area contributed by atoms with Gasteiger partial charge in [0.15, 0.2) is 0 Å². The highest BCUT2D eigenvalue weighted by Gasteiger charge is 2.17. The van der Waals surface area contributed by atoms with Gasteiger partial charge < -0.3 is 5.73 Å². The normalized spacial score (nSPS) is 12.5. The van der Waals surface area contributed by atoms with Crippen LogP contribution in [0.4, 0.5) is 4.39 Å².